The quantitative estimate of drug-likeness (QED) is 0.626. The molecule has 0 aliphatic carbocycles. The summed E-state index contributed by atoms with van der Waals surface area (Å²) in [6.07, 6.45) is 0. The Kier molecular flexibility index (Phi) is 7.74. The van der Waals surface area contributed by atoms with Crippen molar-refractivity contribution in [2.75, 3.05) is 32.1 Å². The van der Waals surface area contributed by atoms with E-state index in [0.717, 1.165) is 0 Å². The fraction of sp³-hybridized carbons (Fsp3) is 0.300. The molecule has 1 N–H and O–H groups in total. The topological polar surface area (TPSA) is 102 Å². The highest BCUT2D eigenvalue weighted by Crippen LogP contribution is 2.18. The van der Waals surface area contributed by atoms with Crippen molar-refractivity contribution in [3.05, 3.63) is 54.1 Å². The van der Waals surface area contributed by atoms with Gasteiger partial charge in [0.25, 0.3) is 5.91 Å². The highest BCUT2D eigenvalue weighted by Gasteiger charge is 2.21. The van der Waals surface area contributed by atoms with Gasteiger partial charge in [-0.1, -0.05) is 13.8 Å². The summed E-state index contributed by atoms with van der Waals surface area (Å²) < 4.78 is 36.3. The first-order valence-electron chi connectivity index (χ1n) is 9.03. The fourth-order valence-electron chi connectivity index (χ4n) is 2.57. The number of rotatable bonds is 9. The maximum atomic E-state index is 12.5. The van der Waals surface area contributed by atoms with E-state index in [1.165, 1.54) is 47.8 Å². The molecule has 2 aromatic rings. The molecule has 2 aromatic carbocycles. The average molecular weight is 420 g/mol. The summed E-state index contributed by atoms with van der Waals surface area (Å²) in [4.78, 5) is 23.6. The fourth-order valence-corrected chi connectivity index (χ4v) is 4.03. The molecule has 8 nitrogen and oxygen atoms in total. The van der Waals surface area contributed by atoms with Crippen LogP contribution in [0.15, 0.2) is 53.4 Å². The Labute approximate surface area is 170 Å². The molecule has 156 valence electrons. The molecule has 0 saturated heterocycles. The Morgan fingerprint density at radius 3 is 2.07 bits per heavy atom. The van der Waals surface area contributed by atoms with Gasteiger partial charge in [0.05, 0.1) is 17.6 Å². The third-order valence-corrected chi connectivity index (χ3v) is 6.19. The van der Waals surface area contributed by atoms with E-state index in [-0.39, 0.29) is 11.5 Å². The number of anilines is 1. The van der Waals surface area contributed by atoms with Gasteiger partial charge in [-0.25, -0.2) is 13.2 Å². The second-order valence-corrected chi connectivity index (χ2v) is 7.90. The average Bonchev–Trinajstić information content (AvgIpc) is 2.73. The normalized spacial score (nSPS) is 11.2. The molecule has 0 spiro atoms. The van der Waals surface area contributed by atoms with Crippen molar-refractivity contribution in [3.63, 3.8) is 0 Å². The van der Waals surface area contributed by atoms with Crippen molar-refractivity contribution in [2.45, 2.75) is 18.7 Å². The van der Waals surface area contributed by atoms with Crippen molar-refractivity contribution in [2.24, 2.45) is 0 Å². The monoisotopic (exact) mass is 420 g/mol. The third-order valence-electron chi connectivity index (χ3n) is 4.13. The minimum Gasteiger partial charge on any atom is -0.484 e. The number of ether oxygens (including phenoxy) is 2. The molecule has 0 bridgehead atoms. The van der Waals surface area contributed by atoms with Gasteiger partial charge in [0, 0.05) is 18.8 Å². The van der Waals surface area contributed by atoms with Crippen LogP contribution in [0.3, 0.4) is 0 Å². The zero-order valence-electron chi connectivity index (χ0n) is 16.5. The number of benzene rings is 2. The largest absolute Gasteiger partial charge is 0.484 e. The van der Waals surface area contributed by atoms with Crippen LogP contribution in [0, 0.1) is 0 Å². The molecule has 1 amide bonds. The lowest BCUT2D eigenvalue weighted by Crippen LogP contribution is -2.30. The zero-order chi connectivity index (χ0) is 21.4. The molecule has 0 fully saturated rings. The standard InChI is InChI=1S/C20H24N2O6S/c1-4-22(5-2)29(25,26)18-12-8-16(9-13-18)21-19(23)14-28-17-10-6-15(7-11-17)20(24)27-3/h6-13H,4-5,14H2,1-3H3,(H,21,23). The van der Waals surface area contributed by atoms with E-state index in [1.807, 2.05) is 0 Å². The van der Waals surface area contributed by atoms with Gasteiger partial charge in [0.2, 0.25) is 10.0 Å². The lowest BCUT2D eigenvalue weighted by Gasteiger charge is -2.18. The summed E-state index contributed by atoms with van der Waals surface area (Å²) in [5.41, 5.74) is 0.835. The minimum atomic E-state index is -3.54. The lowest BCUT2D eigenvalue weighted by molar-refractivity contribution is -0.118. The molecule has 2 rings (SSSR count). The van der Waals surface area contributed by atoms with Crippen LogP contribution in [-0.4, -0.2) is 51.4 Å². The molecule has 0 saturated carbocycles. The number of carbonyl (C=O) groups is 2. The Hall–Kier alpha value is -2.91. The molecule has 29 heavy (non-hydrogen) atoms. The van der Waals surface area contributed by atoms with Gasteiger partial charge in [-0.05, 0) is 48.5 Å². The number of methoxy groups -OCH3 is 1. The van der Waals surface area contributed by atoms with E-state index in [9.17, 15) is 18.0 Å². The van der Waals surface area contributed by atoms with E-state index in [0.29, 0.717) is 30.1 Å². The lowest BCUT2D eigenvalue weighted by atomic mass is 10.2. The van der Waals surface area contributed by atoms with E-state index in [4.69, 9.17) is 4.74 Å². The molecular formula is C20H24N2O6S. The Bertz CT molecular complexity index is 936. The van der Waals surface area contributed by atoms with E-state index in [1.54, 1.807) is 26.0 Å². The molecule has 9 heteroatoms. The first-order valence-corrected chi connectivity index (χ1v) is 10.5. The number of nitrogens with zero attached hydrogens (tertiary/aromatic N) is 1. The van der Waals surface area contributed by atoms with Crippen molar-refractivity contribution in [1.29, 1.82) is 0 Å². The predicted molar refractivity (Wildman–Crippen MR) is 108 cm³/mol. The Morgan fingerprint density at radius 1 is 0.966 bits per heavy atom. The third kappa shape index (κ3) is 5.78. The number of esters is 1. The summed E-state index contributed by atoms with van der Waals surface area (Å²) in [7, 11) is -2.25. The number of hydrogen-bond acceptors (Lipinski definition) is 6. The van der Waals surface area contributed by atoms with E-state index < -0.39 is 21.9 Å². The first kappa shape index (κ1) is 22.4. The van der Waals surface area contributed by atoms with Gasteiger partial charge in [0.15, 0.2) is 6.61 Å². The molecule has 0 unspecified atom stereocenters. The predicted octanol–water partition coefficient (Wildman–Crippen LogP) is 2.52. The molecule has 0 radical (unpaired) electrons. The van der Waals surface area contributed by atoms with Gasteiger partial charge < -0.3 is 14.8 Å². The summed E-state index contributed by atoms with van der Waals surface area (Å²) in [6.45, 7) is 4.08. The maximum Gasteiger partial charge on any atom is 0.337 e. The van der Waals surface area contributed by atoms with Crippen LogP contribution in [0.1, 0.15) is 24.2 Å². The van der Waals surface area contributed by atoms with Crippen molar-refractivity contribution >= 4 is 27.6 Å². The summed E-state index contributed by atoms with van der Waals surface area (Å²) >= 11 is 0. The van der Waals surface area contributed by atoms with Crippen LogP contribution in [-0.2, 0) is 19.6 Å². The van der Waals surface area contributed by atoms with Gasteiger partial charge >= 0.3 is 5.97 Å². The number of nitrogens with one attached hydrogen (secondary N) is 1. The molecular weight excluding hydrogens is 396 g/mol. The summed E-state index contributed by atoms with van der Waals surface area (Å²) in [5, 5.41) is 2.64. The number of hydrogen-bond donors (Lipinski definition) is 1. The van der Waals surface area contributed by atoms with Crippen molar-refractivity contribution < 1.29 is 27.5 Å². The van der Waals surface area contributed by atoms with Crippen LogP contribution in [0.5, 0.6) is 5.75 Å². The SMILES string of the molecule is CCN(CC)S(=O)(=O)c1ccc(NC(=O)COc2ccc(C(=O)OC)cc2)cc1. The van der Waals surface area contributed by atoms with Crippen LogP contribution >= 0.6 is 0 Å². The minimum absolute atomic E-state index is 0.168. The Morgan fingerprint density at radius 2 is 1.55 bits per heavy atom. The molecule has 0 aliphatic heterocycles. The van der Waals surface area contributed by atoms with Crippen LogP contribution in [0.2, 0.25) is 0 Å². The molecule has 0 atom stereocenters. The van der Waals surface area contributed by atoms with Gasteiger partial charge in [-0.2, -0.15) is 4.31 Å². The molecule has 0 aliphatic rings. The van der Waals surface area contributed by atoms with Crippen molar-refractivity contribution in [3.8, 4) is 5.75 Å². The zero-order valence-corrected chi connectivity index (χ0v) is 17.4. The second-order valence-electron chi connectivity index (χ2n) is 5.97. The second kappa shape index (κ2) is 10.0. The number of amides is 1. The van der Waals surface area contributed by atoms with Crippen LogP contribution in [0.4, 0.5) is 5.69 Å². The summed E-state index contributed by atoms with van der Waals surface area (Å²) in [5.74, 6) is -0.435. The van der Waals surface area contributed by atoms with E-state index >= 15 is 0 Å². The van der Waals surface area contributed by atoms with Crippen molar-refractivity contribution in [1.82, 2.24) is 4.31 Å². The van der Waals surface area contributed by atoms with Crippen LogP contribution in [0.25, 0.3) is 0 Å². The summed E-state index contributed by atoms with van der Waals surface area (Å²) in [6, 6.07) is 12.2. The Balaban J connectivity index is 1.93. The number of carbonyl (C=O) groups excluding carboxylic acids is 2. The molecule has 0 aromatic heterocycles. The van der Waals surface area contributed by atoms with Crippen LogP contribution < -0.4 is 10.1 Å². The van der Waals surface area contributed by atoms with Gasteiger partial charge in [-0.3, -0.25) is 4.79 Å². The first-order chi connectivity index (χ1) is 13.8. The smallest absolute Gasteiger partial charge is 0.337 e. The van der Waals surface area contributed by atoms with E-state index in [2.05, 4.69) is 10.1 Å². The van der Waals surface area contributed by atoms with Gasteiger partial charge in [0.1, 0.15) is 5.75 Å². The van der Waals surface area contributed by atoms with Gasteiger partial charge in [-0.15, -0.1) is 0 Å². The number of sulfonamides is 1. The highest BCUT2D eigenvalue weighted by atomic mass is 32.2. The maximum absolute atomic E-state index is 12.5. The molecule has 0 heterocycles. The highest BCUT2D eigenvalue weighted by molar-refractivity contribution is 7.89.